The van der Waals surface area contributed by atoms with E-state index in [1.165, 1.54) is 23.8 Å². The van der Waals surface area contributed by atoms with Crippen molar-refractivity contribution in [3.8, 4) is 5.75 Å². The van der Waals surface area contributed by atoms with E-state index in [1.54, 1.807) is 0 Å². The Hall–Kier alpha value is -2.64. The molecular weight excluding hydrogens is 406 g/mol. The Balaban J connectivity index is 1.57. The van der Waals surface area contributed by atoms with Crippen molar-refractivity contribution in [2.45, 2.75) is 19.4 Å². The van der Waals surface area contributed by atoms with Gasteiger partial charge in [-0.25, -0.2) is 0 Å². The lowest BCUT2D eigenvalue weighted by Crippen LogP contribution is -2.29. The second-order valence-electron chi connectivity index (χ2n) is 6.36. The molecule has 1 saturated heterocycles. The first kappa shape index (κ1) is 21.1. The maximum absolute atomic E-state index is 12.6. The molecule has 5 nitrogen and oxygen atoms in total. The number of thioether (sulfide) groups is 1. The van der Waals surface area contributed by atoms with E-state index in [-0.39, 0.29) is 18.3 Å². The van der Waals surface area contributed by atoms with E-state index in [2.05, 4.69) is 4.74 Å². The summed E-state index contributed by atoms with van der Waals surface area (Å²) in [6, 6.07) is 17.5. The van der Waals surface area contributed by atoms with Crippen LogP contribution >= 0.6 is 24.0 Å². The number of ether oxygens (including phenoxy) is 2. The summed E-state index contributed by atoms with van der Waals surface area (Å²) in [5, 5.41) is 0. The molecule has 1 aliphatic heterocycles. The highest BCUT2D eigenvalue weighted by Gasteiger charge is 2.31. The van der Waals surface area contributed by atoms with Crippen LogP contribution < -0.4 is 4.74 Å². The van der Waals surface area contributed by atoms with Gasteiger partial charge in [-0.2, -0.15) is 0 Å². The van der Waals surface area contributed by atoms with E-state index >= 15 is 0 Å². The standard InChI is InChI=1S/C22H21NO4S2/c1-26-20(24)8-5-13-23-21(25)19(29-22(23)28)14-16-9-11-18(12-10-16)27-15-17-6-3-2-4-7-17/h2-4,6-7,9-12,14H,5,8,13,15H2,1H3/b19-14-. The molecule has 0 aliphatic carbocycles. The average Bonchev–Trinajstić information content (AvgIpc) is 3.01. The lowest BCUT2D eigenvalue weighted by Gasteiger charge is -2.13. The summed E-state index contributed by atoms with van der Waals surface area (Å²) in [7, 11) is 1.35. The molecule has 0 saturated carbocycles. The molecule has 0 spiro atoms. The normalized spacial score (nSPS) is 15.1. The van der Waals surface area contributed by atoms with Gasteiger partial charge < -0.3 is 9.47 Å². The Kier molecular flexibility index (Phi) is 7.43. The smallest absolute Gasteiger partial charge is 0.305 e. The highest BCUT2D eigenvalue weighted by atomic mass is 32.2. The minimum absolute atomic E-state index is 0.130. The molecular formula is C22H21NO4S2. The van der Waals surface area contributed by atoms with Crippen molar-refractivity contribution in [2.24, 2.45) is 0 Å². The van der Waals surface area contributed by atoms with Crippen molar-refractivity contribution >= 4 is 46.3 Å². The van der Waals surface area contributed by atoms with Gasteiger partial charge in [0, 0.05) is 13.0 Å². The van der Waals surface area contributed by atoms with E-state index in [9.17, 15) is 9.59 Å². The van der Waals surface area contributed by atoms with Gasteiger partial charge in [0.05, 0.1) is 12.0 Å². The lowest BCUT2D eigenvalue weighted by atomic mass is 10.2. The zero-order valence-electron chi connectivity index (χ0n) is 16.0. The fourth-order valence-corrected chi connectivity index (χ4v) is 4.04. The first-order chi connectivity index (χ1) is 14.1. The molecule has 1 heterocycles. The Morgan fingerprint density at radius 3 is 2.55 bits per heavy atom. The van der Waals surface area contributed by atoms with Crippen LogP contribution in [0.2, 0.25) is 0 Å². The molecule has 0 bridgehead atoms. The topological polar surface area (TPSA) is 55.8 Å². The number of hydrogen-bond acceptors (Lipinski definition) is 6. The third-order valence-electron chi connectivity index (χ3n) is 4.29. The van der Waals surface area contributed by atoms with Crippen LogP contribution in [0, 0.1) is 0 Å². The van der Waals surface area contributed by atoms with Crippen molar-refractivity contribution in [1.82, 2.24) is 4.90 Å². The Bertz CT molecular complexity index is 910. The van der Waals surface area contributed by atoms with Crippen molar-refractivity contribution in [2.75, 3.05) is 13.7 Å². The molecule has 3 rings (SSSR count). The number of rotatable bonds is 8. The van der Waals surface area contributed by atoms with Crippen LogP contribution in [0.5, 0.6) is 5.75 Å². The summed E-state index contributed by atoms with van der Waals surface area (Å²) in [5.74, 6) is 0.344. The summed E-state index contributed by atoms with van der Waals surface area (Å²) in [6.07, 6.45) is 2.59. The highest BCUT2D eigenvalue weighted by molar-refractivity contribution is 8.26. The molecule has 1 fully saturated rings. The highest BCUT2D eigenvalue weighted by Crippen LogP contribution is 2.33. The molecule has 0 N–H and O–H groups in total. The van der Waals surface area contributed by atoms with Gasteiger partial charge in [-0.15, -0.1) is 0 Å². The lowest BCUT2D eigenvalue weighted by molar-refractivity contribution is -0.141. The zero-order chi connectivity index (χ0) is 20.6. The summed E-state index contributed by atoms with van der Waals surface area (Å²) < 4.78 is 10.9. The molecule has 0 unspecified atom stereocenters. The van der Waals surface area contributed by atoms with Crippen molar-refractivity contribution in [3.63, 3.8) is 0 Å². The number of carbonyl (C=O) groups excluding carboxylic acids is 2. The largest absolute Gasteiger partial charge is 0.489 e. The second kappa shape index (κ2) is 10.2. The van der Waals surface area contributed by atoms with Crippen LogP contribution in [-0.2, 0) is 20.9 Å². The fourth-order valence-electron chi connectivity index (χ4n) is 2.73. The number of hydrogen-bond donors (Lipinski definition) is 0. The van der Waals surface area contributed by atoms with Gasteiger partial charge in [-0.05, 0) is 35.8 Å². The predicted octanol–water partition coefficient (Wildman–Crippen LogP) is 4.42. The third-order valence-corrected chi connectivity index (χ3v) is 5.67. The maximum atomic E-state index is 12.6. The number of thiocarbonyl (C=S) groups is 1. The van der Waals surface area contributed by atoms with Gasteiger partial charge in [0.2, 0.25) is 0 Å². The van der Waals surface area contributed by atoms with Gasteiger partial charge in [0.1, 0.15) is 16.7 Å². The van der Waals surface area contributed by atoms with Crippen molar-refractivity contribution in [3.05, 3.63) is 70.6 Å². The molecule has 0 radical (unpaired) electrons. The molecule has 1 amide bonds. The van der Waals surface area contributed by atoms with E-state index in [1.807, 2.05) is 60.7 Å². The van der Waals surface area contributed by atoms with Crippen LogP contribution in [0.25, 0.3) is 6.08 Å². The Labute approximate surface area is 179 Å². The zero-order valence-corrected chi connectivity index (χ0v) is 17.6. The minimum Gasteiger partial charge on any atom is -0.489 e. The minimum atomic E-state index is -0.291. The molecule has 29 heavy (non-hydrogen) atoms. The second-order valence-corrected chi connectivity index (χ2v) is 8.03. The first-order valence-electron chi connectivity index (χ1n) is 9.16. The van der Waals surface area contributed by atoms with Crippen LogP contribution in [-0.4, -0.2) is 34.8 Å². The molecule has 2 aromatic rings. The Morgan fingerprint density at radius 1 is 1.14 bits per heavy atom. The van der Waals surface area contributed by atoms with E-state index < -0.39 is 0 Å². The summed E-state index contributed by atoms with van der Waals surface area (Å²) in [5.41, 5.74) is 2.00. The average molecular weight is 428 g/mol. The fraction of sp³-hybridized carbons (Fsp3) is 0.227. The van der Waals surface area contributed by atoms with Crippen LogP contribution in [0.1, 0.15) is 24.0 Å². The van der Waals surface area contributed by atoms with Crippen LogP contribution in [0.3, 0.4) is 0 Å². The number of methoxy groups -OCH3 is 1. The number of nitrogens with zero attached hydrogens (tertiary/aromatic N) is 1. The molecule has 7 heteroatoms. The van der Waals surface area contributed by atoms with Gasteiger partial charge in [0.25, 0.3) is 5.91 Å². The molecule has 2 aromatic carbocycles. The Morgan fingerprint density at radius 2 is 1.86 bits per heavy atom. The van der Waals surface area contributed by atoms with Crippen molar-refractivity contribution < 1.29 is 19.1 Å². The predicted molar refractivity (Wildman–Crippen MR) is 118 cm³/mol. The van der Waals surface area contributed by atoms with E-state index in [0.29, 0.717) is 28.8 Å². The van der Waals surface area contributed by atoms with Gasteiger partial charge >= 0.3 is 5.97 Å². The SMILES string of the molecule is COC(=O)CCCN1C(=O)/C(=C/c2ccc(OCc3ccccc3)cc2)SC1=S. The van der Waals surface area contributed by atoms with E-state index in [0.717, 1.165) is 16.9 Å². The number of carbonyl (C=O) groups is 2. The monoisotopic (exact) mass is 427 g/mol. The number of esters is 1. The molecule has 0 aromatic heterocycles. The van der Waals surface area contributed by atoms with Crippen LogP contribution in [0.4, 0.5) is 0 Å². The summed E-state index contributed by atoms with van der Waals surface area (Å²) in [6.45, 7) is 0.911. The number of benzene rings is 2. The van der Waals surface area contributed by atoms with Gasteiger partial charge in [-0.1, -0.05) is 66.4 Å². The van der Waals surface area contributed by atoms with Gasteiger partial charge in [-0.3, -0.25) is 14.5 Å². The van der Waals surface area contributed by atoms with Crippen LogP contribution in [0.15, 0.2) is 59.5 Å². The van der Waals surface area contributed by atoms with Gasteiger partial charge in [0.15, 0.2) is 0 Å². The quantitative estimate of drug-likeness (QED) is 0.353. The summed E-state index contributed by atoms with van der Waals surface area (Å²) >= 11 is 6.59. The molecule has 1 aliphatic rings. The van der Waals surface area contributed by atoms with Crippen molar-refractivity contribution in [1.29, 1.82) is 0 Å². The maximum Gasteiger partial charge on any atom is 0.305 e. The molecule has 150 valence electrons. The third kappa shape index (κ3) is 5.92. The molecule has 0 atom stereocenters. The first-order valence-corrected chi connectivity index (χ1v) is 10.4. The van der Waals surface area contributed by atoms with E-state index in [4.69, 9.17) is 17.0 Å². The summed E-state index contributed by atoms with van der Waals surface area (Å²) in [4.78, 5) is 25.9. The number of amides is 1.